The molecule has 3 aromatic rings. The summed E-state index contributed by atoms with van der Waals surface area (Å²) in [6.07, 6.45) is 3.58. The van der Waals surface area contributed by atoms with Gasteiger partial charge in [-0.1, -0.05) is 35.9 Å². The molecule has 160 valence electrons. The van der Waals surface area contributed by atoms with Crippen LogP contribution in [0.5, 0.6) is 0 Å². The number of carbonyl (C=O) groups excluding carboxylic acids is 1. The van der Waals surface area contributed by atoms with E-state index in [1.54, 1.807) is 24.4 Å². The molecule has 2 heterocycles. The zero-order valence-corrected chi connectivity index (χ0v) is 17.6. The van der Waals surface area contributed by atoms with E-state index in [-0.39, 0.29) is 24.2 Å². The molecule has 1 fully saturated rings. The molecule has 2 aromatic carbocycles. The minimum Gasteiger partial charge on any atom is -0.353 e. The van der Waals surface area contributed by atoms with Crippen molar-refractivity contribution in [2.75, 3.05) is 23.3 Å². The van der Waals surface area contributed by atoms with Crippen molar-refractivity contribution in [2.24, 2.45) is 0 Å². The van der Waals surface area contributed by atoms with Gasteiger partial charge >= 0.3 is 0 Å². The number of nitrogens with one attached hydrogen (secondary N) is 2. The van der Waals surface area contributed by atoms with Crippen molar-refractivity contribution in [3.8, 4) is 0 Å². The zero-order chi connectivity index (χ0) is 21.6. The molecule has 0 unspecified atom stereocenters. The van der Waals surface area contributed by atoms with Gasteiger partial charge in [0.2, 0.25) is 11.9 Å². The van der Waals surface area contributed by atoms with Gasteiger partial charge in [-0.15, -0.1) is 0 Å². The first kappa shape index (κ1) is 21.1. The van der Waals surface area contributed by atoms with E-state index in [1.807, 2.05) is 24.3 Å². The van der Waals surface area contributed by atoms with Gasteiger partial charge in [-0.05, 0) is 48.7 Å². The van der Waals surface area contributed by atoms with Crippen molar-refractivity contribution >= 4 is 35.0 Å². The Balaban J connectivity index is 1.30. The molecule has 1 aliphatic rings. The zero-order valence-electron chi connectivity index (χ0n) is 16.9. The maximum Gasteiger partial charge on any atom is 0.227 e. The predicted octanol–water partition coefficient (Wildman–Crippen LogP) is 4.34. The number of piperidine rings is 1. The standard InChI is InChI=1S/C23H23ClFN5O/c24-19-3-1-2-4-20(19)28-21-9-12-26-23(29-21)30-13-10-18(11-14-30)27-22(31)15-16-5-7-17(25)8-6-16/h1-9,12,18H,10-11,13-15H2,(H,27,31)(H,26,28,29). The number of para-hydroxylation sites is 1. The lowest BCUT2D eigenvalue weighted by Crippen LogP contribution is -2.45. The second-order valence-electron chi connectivity index (χ2n) is 7.48. The lowest BCUT2D eigenvalue weighted by molar-refractivity contribution is -0.121. The van der Waals surface area contributed by atoms with E-state index in [9.17, 15) is 9.18 Å². The first-order valence-corrected chi connectivity index (χ1v) is 10.6. The average Bonchev–Trinajstić information content (AvgIpc) is 2.78. The molecule has 4 rings (SSSR count). The molecule has 8 heteroatoms. The molecule has 0 spiro atoms. The van der Waals surface area contributed by atoms with Crippen LogP contribution in [-0.4, -0.2) is 35.0 Å². The van der Waals surface area contributed by atoms with Crippen LogP contribution in [0.3, 0.4) is 0 Å². The molecule has 1 amide bonds. The molecule has 1 saturated heterocycles. The first-order valence-electron chi connectivity index (χ1n) is 10.2. The van der Waals surface area contributed by atoms with Gasteiger partial charge in [0.15, 0.2) is 0 Å². The molecule has 6 nitrogen and oxygen atoms in total. The quantitative estimate of drug-likeness (QED) is 0.598. The van der Waals surface area contributed by atoms with E-state index in [0.29, 0.717) is 16.8 Å². The fourth-order valence-corrected chi connectivity index (χ4v) is 3.74. The number of nitrogens with zero attached hydrogens (tertiary/aromatic N) is 3. The largest absolute Gasteiger partial charge is 0.353 e. The molecule has 2 N–H and O–H groups in total. The Morgan fingerprint density at radius 1 is 1.10 bits per heavy atom. The van der Waals surface area contributed by atoms with Crippen LogP contribution in [0.15, 0.2) is 60.8 Å². The lowest BCUT2D eigenvalue weighted by Gasteiger charge is -2.32. The van der Waals surface area contributed by atoms with Gasteiger partial charge in [-0.25, -0.2) is 9.37 Å². The van der Waals surface area contributed by atoms with E-state index in [0.717, 1.165) is 37.2 Å². The summed E-state index contributed by atoms with van der Waals surface area (Å²) in [5.74, 6) is 0.970. The first-order chi connectivity index (χ1) is 15.1. The Hall–Kier alpha value is -3.19. The van der Waals surface area contributed by atoms with E-state index >= 15 is 0 Å². The molecule has 31 heavy (non-hydrogen) atoms. The topological polar surface area (TPSA) is 70.2 Å². The highest BCUT2D eigenvalue weighted by molar-refractivity contribution is 6.33. The van der Waals surface area contributed by atoms with Crippen molar-refractivity contribution in [3.05, 3.63) is 77.2 Å². The number of aromatic nitrogens is 2. The monoisotopic (exact) mass is 439 g/mol. The number of halogens is 2. The molecule has 0 radical (unpaired) electrons. The second-order valence-corrected chi connectivity index (χ2v) is 7.89. The number of anilines is 3. The summed E-state index contributed by atoms with van der Waals surface area (Å²) >= 11 is 6.21. The van der Waals surface area contributed by atoms with Gasteiger partial charge in [0.25, 0.3) is 0 Å². The molecular formula is C23H23ClFN5O. The lowest BCUT2D eigenvalue weighted by atomic mass is 10.0. The summed E-state index contributed by atoms with van der Waals surface area (Å²) in [6, 6.07) is 15.4. The predicted molar refractivity (Wildman–Crippen MR) is 120 cm³/mol. The van der Waals surface area contributed by atoms with Crippen molar-refractivity contribution in [2.45, 2.75) is 25.3 Å². The number of hydrogen-bond donors (Lipinski definition) is 2. The Kier molecular flexibility index (Phi) is 6.62. The van der Waals surface area contributed by atoms with Crippen LogP contribution in [0.2, 0.25) is 5.02 Å². The third-order valence-electron chi connectivity index (χ3n) is 5.20. The van der Waals surface area contributed by atoms with Gasteiger partial charge in [0.05, 0.1) is 17.1 Å². The number of amides is 1. The van der Waals surface area contributed by atoms with Gasteiger partial charge in [-0.2, -0.15) is 4.98 Å². The number of rotatable bonds is 6. The number of carbonyl (C=O) groups is 1. The summed E-state index contributed by atoms with van der Waals surface area (Å²) in [5.41, 5.74) is 1.59. The average molecular weight is 440 g/mol. The fraction of sp³-hybridized carbons (Fsp3) is 0.261. The Morgan fingerprint density at radius 2 is 1.84 bits per heavy atom. The summed E-state index contributed by atoms with van der Waals surface area (Å²) in [5, 5.41) is 6.92. The van der Waals surface area contributed by atoms with Crippen LogP contribution in [0.1, 0.15) is 18.4 Å². The second kappa shape index (κ2) is 9.75. The van der Waals surface area contributed by atoms with Crippen LogP contribution >= 0.6 is 11.6 Å². The van der Waals surface area contributed by atoms with Crippen LogP contribution in [-0.2, 0) is 11.2 Å². The van der Waals surface area contributed by atoms with Crippen molar-refractivity contribution < 1.29 is 9.18 Å². The number of benzene rings is 2. The van der Waals surface area contributed by atoms with Gasteiger partial charge in [-0.3, -0.25) is 4.79 Å². The fourth-order valence-electron chi connectivity index (χ4n) is 3.56. The Bertz CT molecular complexity index is 1040. The molecule has 1 aromatic heterocycles. The molecule has 0 aliphatic carbocycles. The Labute approximate surface area is 185 Å². The smallest absolute Gasteiger partial charge is 0.227 e. The molecule has 0 atom stereocenters. The van der Waals surface area contributed by atoms with Gasteiger partial charge in [0, 0.05) is 25.3 Å². The molecule has 0 bridgehead atoms. The maximum absolute atomic E-state index is 13.0. The highest BCUT2D eigenvalue weighted by Gasteiger charge is 2.22. The molecular weight excluding hydrogens is 417 g/mol. The minimum absolute atomic E-state index is 0.0488. The van der Waals surface area contributed by atoms with Crippen LogP contribution in [0.25, 0.3) is 0 Å². The van der Waals surface area contributed by atoms with Crippen LogP contribution in [0, 0.1) is 5.82 Å². The minimum atomic E-state index is -0.301. The van der Waals surface area contributed by atoms with E-state index < -0.39 is 0 Å². The summed E-state index contributed by atoms with van der Waals surface area (Å²) in [6.45, 7) is 1.49. The highest BCUT2D eigenvalue weighted by Crippen LogP contribution is 2.25. The third-order valence-corrected chi connectivity index (χ3v) is 5.53. The highest BCUT2D eigenvalue weighted by atomic mass is 35.5. The SMILES string of the molecule is O=C(Cc1ccc(F)cc1)NC1CCN(c2nccc(Nc3ccccc3Cl)n2)CC1. The van der Waals surface area contributed by atoms with Gasteiger partial charge in [0.1, 0.15) is 11.6 Å². The summed E-state index contributed by atoms with van der Waals surface area (Å²) < 4.78 is 13.0. The van der Waals surface area contributed by atoms with Gasteiger partial charge < -0.3 is 15.5 Å². The van der Waals surface area contributed by atoms with Crippen LogP contribution in [0.4, 0.5) is 21.8 Å². The summed E-state index contributed by atoms with van der Waals surface area (Å²) in [7, 11) is 0. The third kappa shape index (κ3) is 5.70. The van der Waals surface area contributed by atoms with E-state index in [1.165, 1.54) is 12.1 Å². The molecule has 0 saturated carbocycles. The van der Waals surface area contributed by atoms with Crippen molar-refractivity contribution in [1.29, 1.82) is 0 Å². The summed E-state index contributed by atoms with van der Waals surface area (Å²) in [4.78, 5) is 23.4. The van der Waals surface area contributed by atoms with Crippen molar-refractivity contribution in [1.82, 2.24) is 15.3 Å². The Morgan fingerprint density at radius 3 is 2.58 bits per heavy atom. The van der Waals surface area contributed by atoms with E-state index in [2.05, 4.69) is 25.5 Å². The molecule has 1 aliphatic heterocycles. The van der Waals surface area contributed by atoms with Crippen LogP contribution < -0.4 is 15.5 Å². The maximum atomic E-state index is 13.0. The normalized spacial score (nSPS) is 14.3. The van der Waals surface area contributed by atoms with Crippen molar-refractivity contribution in [3.63, 3.8) is 0 Å². The van der Waals surface area contributed by atoms with E-state index in [4.69, 9.17) is 11.6 Å². The number of hydrogen-bond acceptors (Lipinski definition) is 5.